The van der Waals surface area contributed by atoms with E-state index in [-0.39, 0.29) is 5.56 Å². The fourth-order valence-electron chi connectivity index (χ4n) is 3.67. The molecule has 3 aromatic rings. The molecule has 1 saturated heterocycles. The lowest BCUT2D eigenvalue weighted by Gasteiger charge is -2.21. The van der Waals surface area contributed by atoms with Gasteiger partial charge in [-0.2, -0.15) is 4.98 Å². The molecule has 0 saturated carbocycles. The fourth-order valence-corrected chi connectivity index (χ4v) is 4.35. The number of hydrogen-bond donors (Lipinski definition) is 1. The van der Waals surface area contributed by atoms with Gasteiger partial charge in [0.05, 0.1) is 5.69 Å². The number of aromatic nitrogens is 4. The highest BCUT2D eigenvalue weighted by atomic mass is 79.9. The Bertz CT molecular complexity index is 999. The Morgan fingerprint density at radius 1 is 1.28 bits per heavy atom. The van der Waals surface area contributed by atoms with E-state index in [9.17, 15) is 4.79 Å². The second-order valence-corrected chi connectivity index (χ2v) is 7.69. The molecule has 1 fully saturated rings. The molecule has 25 heavy (non-hydrogen) atoms. The third-order valence-electron chi connectivity index (χ3n) is 4.89. The monoisotopic (exact) mass is 401 g/mol. The maximum absolute atomic E-state index is 12.5. The first-order chi connectivity index (χ1) is 11.9. The molecule has 0 spiro atoms. The van der Waals surface area contributed by atoms with Gasteiger partial charge in [-0.25, -0.2) is 4.68 Å². The van der Waals surface area contributed by atoms with Crippen LogP contribution in [-0.2, 0) is 0 Å². The first-order valence-corrected chi connectivity index (χ1v) is 9.27. The molecule has 6 nitrogen and oxygen atoms in total. The molecule has 1 aliphatic heterocycles. The average Bonchev–Trinajstić information content (AvgIpc) is 3.12. The molecule has 1 atom stereocenters. The molecular formula is C18H20BrN5O. The van der Waals surface area contributed by atoms with Crippen LogP contribution in [0.2, 0.25) is 0 Å². The number of aromatic amines is 1. The molecule has 0 aliphatic carbocycles. The van der Waals surface area contributed by atoms with Crippen LogP contribution in [0.4, 0.5) is 5.95 Å². The highest BCUT2D eigenvalue weighted by Gasteiger charge is 2.23. The zero-order valence-corrected chi connectivity index (χ0v) is 16.1. The largest absolute Gasteiger partial charge is 0.340 e. The number of anilines is 1. The van der Waals surface area contributed by atoms with Gasteiger partial charge in [-0.3, -0.25) is 9.78 Å². The van der Waals surface area contributed by atoms with E-state index >= 15 is 0 Å². The van der Waals surface area contributed by atoms with Crippen molar-refractivity contribution in [1.82, 2.24) is 19.7 Å². The highest BCUT2D eigenvalue weighted by Crippen LogP contribution is 2.25. The molecule has 7 heteroatoms. The normalized spacial score (nSPS) is 17.6. The van der Waals surface area contributed by atoms with Crippen LogP contribution in [0, 0.1) is 13.8 Å². The third-order valence-corrected chi connectivity index (χ3v) is 5.34. The number of aryl methyl sites for hydroxylation is 2. The Balaban J connectivity index is 1.86. The average molecular weight is 402 g/mol. The maximum Gasteiger partial charge on any atom is 0.263 e. The summed E-state index contributed by atoms with van der Waals surface area (Å²) in [5.41, 5.74) is 3.50. The second kappa shape index (κ2) is 5.98. The minimum atomic E-state index is -0.141. The SMILES string of the molecule is Cc1cc(Br)cc(C)c1-n1cc2c(=O)[nH]c(N3CCC[C@H]3C)nc2n1. The van der Waals surface area contributed by atoms with Gasteiger partial charge in [-0.05, 0) is 56.9 Å². The molecule has 1 aromatic carbocycles. The highest BCUT2D eigenvalue weighted by molar-refractivity contribution is 9.10. The van der Waals surface area contributed by atoms with Crippen LogP contribution in [0.5, 0.6) is 0 Å². The second-order valence-electron chi connectivity index (χ2n) is 6.77. The van der Waals surface area contributed by atoms with Crippen LogP contribution >= 0.6 is 15.9 Å². The van der Waals surface area contributed by atoms with Crippen molar-refractivity contribution < 1.29 is 0 Å². The summed E-state index contributed by atoms with van der Waals surface area (Å²) in [5, 5.41) is 5.11. The number of rotatable bonds is 2. The van der Waals surface area contributed by atoms with E-state index in [4.69, 9.17) is 0 Å². The van der Waals surface area contributed by atoms with Crippen LogP contribution in [0.1, 0.15) is 30.9 Å². The van der Waals surface area contributed by atoms with E-state index in [0.717, 1.165) is 40.7 Å². The summed E-state index contributed by atoms with van der Waals surface area (Å²) < 4.78 is 2.80. The minimum Gasteiger partial charge on any atom is -0.340 e. The van der Waals surface area contributed by atoms with Gasteiger partial charge >= 0.3 is 0 Å². The number of fused-ring (bicyclic) bond motifs is 1. The Labute approximate surface area is 154 Å². The molecular weight excluding hydrogens is 382 g/mol. The first kappa shape index (κ1) is 16.3. The topological polar surface area (TPSA) is 66.8 Å². The Morgan fingerprint density at radius 2 is 2.00 bits per heavy atom. The predicted octanol–water partition coefficient (Wildman–Crippen LogP) is 3.48. The van der Waals surface area contributed by atoms with Crippen LogP contribution in [0.3, 0.4) is 0 Å². The summed E-state index contributed by atoms with van der Waals surface area (Å²) in [5.74, 6) is 0.622. The zero-order valence-electron chi connectivity index (χ0n) is 14.5. The van der Waals surface area contributed by atoms with Crippen molar-refractivity contribution in [3.8, 4) is 5.69 Å². The third kappa shape index (κ3) is 2.76. The van der Waals surface area contributed by atoms with Crippen molar-refractivity contribution >= 4 is 32.9 Å². The number of hydrogen-bond acceptors (Lipinski definition) is 4. The molecule has 3 heterocycles. The standard InChI is InChI=1S/C18H20BrN5O/c1-10-7-13(19)8-11(2)15(10)24-9-14-16(22-24)20-18(21-17(14)25)23-6-4-5-12(23)3/h7-9,12H,4-6H2,1-3H3,(H,20,21,22,25)/t12-/m1/s1. The minimum absolute atomic E-state index is 0.141. The summed E-state index contributed by atoms with van der Waals surface area (Å²) in [6, 6.07) is 4.48. The van der Waals surface area contributed by atoms with Crippen LogP contribution in [0.25, 0.3) is 16.7 Å². The van der Waals surface area contributed by atoms with Crippen LogP contribution in [0.15, 0.2) is 27.6 Å². The Morgan fingerprint density at radius 3 is 2.64 bits per heavy atom. The Hall–Kier alpha value is -2.15. The lowest BCUT2D eigenvalue weighted by atomic mass is 10.1. The number of nitrogens with zero attached hydrogens (tertiary/aromatic N) is 4. The van der Waals surface area contributed by atoms with E-state index in [1.165, 1.54) is 0 Å². The molecule has 4 rings (SSSR count). The van der Waals surface area contributed by atoms with E-state index < -0.39 is 0 Å². The fraction of sp³-hybridized carbons (Fsp3) is 0.389. The van der Waals surface area contributed by atoms with Gasteiger partial charge in [0.15, 0.2) is 5.65 Å². The summed E-state index contributed by atoms with van der Waals surface area (Å²) in [4.78, 5) is 22.2. The first-order valence-electron chi connectivity index (χ1n) is 8.47. The molecule has 0 unspecified atom stereocenters. The number of halogens is 1. The van der Waals surface area contributed by atoms with Crippen LogP contribution < -0.4 is 10.5 Å². The maximum atomic E-state index is 12.5. The van der Waals surface area contributed by atoms with Gasteiger partial charge in [0, 0.05) is 23.3 Å². The summed E-state index contributed by atoms with van der Waals surface area (Å²) >= 11 is 3.52. The van der Waals surface area contributed by atoms with Crippen molar-refractivity contribution in [2.75, 3.05) is 11.4 Å². The quantitative estimate of drug-likeness (QED) is 0.713. The van der Waals surface area contributed by atoms with E-state index in [0.29, 0.717) is 23.0 Å². The van der Waals surface area contributed by atoms with E-state index in [2.05, 4.69) is 42.8 Å². The zero-order chi connectivity index (χ0) is 17.7. The van der Waals surface area contributed by atoms with Crippen molar-refractivity contribution in [3.05, 3.63) is 44.3 Å². The van der Waals surface area contributed by atoms with Crippen molar-refractivity contribution in [1.29, 1.82) is 0 Å². The molecule has 1 N–H and O–H groups in total. The van der Waals surface area contributed by atoms with Crippen LogP contribution in [-0.4, -0.2) is 32.3 Å². The van der Waals surface area contributed by atoms with Gasteiger partial charge in [0.25, 0.3) is 5.56 Å². The molecule has 2 aromatic heterocycles. The van der Waals surface area contributed by atoms with Gasteiger partial charge in [0.2, 0.25) is 5.95 Å². The number of nitrogens with one attached hydrogen (secondary N) is 1. The summed E-state index contributed by atoms with van der Waals surface area (Å²) in [7, 11) is 0. The van der Waals surface area contributed by atoms with E-state index in [1.807, 2.05) is 26.0 Å². The van der Waals surface area contributed by atoms with Crippen molar-refractivity contribution in [3.63, 3.8) is 0 Å². The lowest BCUT2D eigenvalue weighted by Crippen LogP contribution is -2.30. The molecule has 0 bridgehead atoms. The van der Waals surface area contributed by atoms with Gasteiger partial charge in [0.1, 0.15) is 5.39 Å². The Kier molecular flexibility index (Phi) is 3.91. The molecule has 130 valence electrons. The lowest BCUT2D eigenvalue weighted by molar-refractivity contribution is 0.717. The molecule has 0 radical (unpaired) electrons. The predicted molar refractivity (Wildman–Crippen MR) is 103 cm³/mol. The summed E-state index contributed by atoms with van der Waals surface area (Å²) in [6.45, 7) is 7.15. The van der Waals surface area contributed by atoms with Gasteiger partial charge in [-0.15, -0.1) is 5.10 Å². The van der Waals surface area contributed by atoms with E-state index in [1.54, 1.807) is 10.9 Å². The van der Waals surface area contributed by atoms with Gasteiger partial charge in [-0.1, -0.05) is 15.9 Å². The van der Waals surface area contributed by atoms with Crippen molar-refractivity contribution in [2.45, 2.75) is 39.7 Å². The number of H-pyrrole nitrogens is 1. The summed E-state index contributed by atoms with van der Waals surface area (Å²) in [6.07, 6.45) is 4.00. The van der Waals surface area contributed by atoms with Gasteiger partial charge < -0.3 is 4.90 Å². The molecule has 1 aliphatic rings. The number of benzene rings is 1. The van der Waals surface area contributed by atoms with Crippen molar-refractivity contribution in [2.24, 2.45) is 0 Å². The molecule has 0 amide bonds. The smallest absolute Gasteiger partial charge is 0.263 e.